The molecule has 1 atom stereocenters. The highest BCUT2D eigenvalue weighted by Gasteiger charge is 2.32. The van der Waals surface area contributed by atoms with Crippen LogP contribution in [0.3, 0.4) is 0 Å². The normalized spacial score (nSPS) is 24.0. The number of pyridine rings is 1. The van der Waals surface area contributed by atoms with Crippen LogP contribution in [0, 0.1) is 5.41 Å². The van der Waals surface area contributed by atoms with Crippen molar-refractivity contribution in [2.24, 2.45) is 16.9 Å². The number of hydrogen-bond donors (Lipinski definition) is 2. The van der Waals surface area contributed by atoms with Crippen LogP contribution >= 0.6 is 0 Å². The van der Waals surface area contributed by atoms with Gasteiger partial charge in [-0.25, -0.2) is 0 Å². The molecule has 0 spiro atoms. The van der Waals surface area contributed by atoms with Crippen LogP contribution in [0.25, 0.3) is 0 Å². The summed E-state index contributed by atoms with van der Waals surface area (Å²) in [5.74, 6) is -0.493. The van der Waals surface area contributed by atoms with E-state index in [-0.39, 0.29) is 5.41 Å². The first-order valence-corrected chi connectivity index (χ1v) is 5.75. The molecule has 1 fully saturated rings. The van der Waals surface area contributed by atoms with Gasteiger partial charge in [0.1, 0.15) is 5.69 Å². The van der Waals surface area contributed by atoms with Crippen molar-refractivity contribution in [3.05, 3.63) is 24.0 Å². The molecule has 1 unspecified atom stereocenters. The number of carbonyl (C=O) groups is 1. The standard InChI is InChI=1S/C12H18N4O/c1-12(7-13)3-5-16(8-12)9-2-4-15-10(6-9)11(14)17/h2,4,6H,3,5,7-8,13H2,1H3,(H2,14,17). The molecule has 0 bridgehead atoms. The van der Waals surface area contributed by atoms with Gasteiger partial charge in [-0.05, 0) is 30.5 Å². The number of amides is 1. The number of hydrogen-bond acceptors (Lipinski definition) is 4. The van der Waals surface area contributed by atoms with Crippen LogP contribution in [0.4, 0.5) is 5.69 Å². The lowest BCUT2D eigenvalue weighted by Gasteiger charge is -2.23. The molecular formula is C12H18N4O. The minimum atomic E-state index is -0.493. The van der Waals surface area contributed by atoms with Gasteiger partial charge in [0.05, 0.1) is 0 Å². The summed E-state index contributed by atoms with van der Waals surface area (Å²) >= 11 is 0. The molecule has 1 saturated heterocycles. The average molecular weight is 234 g/mol. The van der Waals surface area contributed by atoms with Gasteiger partial charge in [-0.15, -0.1) is 0 Å². The molecule has 1 amide bonds. The largest absolute Gasteiger partial charge is 0.371 e. The van der Waals surface area contributed by atoms with Crippen LogP contribution in [0.5, 0.6) is 0 Å². The monoisotopic (exact) mass is 234 g/mol. The van der Waals surface area contributed by atoms with Crippen LogP contribution in [0.2, 0.25) is 0 Å². The minimum absolute atomic E-state index is 0.163. The zero-order chi connectivity index (χ0) is 12.5. The van der Waals surface area contributed by atoms with Crippen molar-refractivity contribution in [1.29, 1.82) is 0 Å². The van der Waals surface area contributed by atoms with Crippen LogP contribution in [-0.4, -0.2) is 30.5 Å². The van der Waals surface area contributed by atoms with E-state index in [2.05, 4.69) is 16.8 Å². The van der Waals surface area contributed by atoms with Gasteiger partial charge in [-0.1, -0.05) is 6.92 Å². The number of anilines is 1. The molecule has 0 aromatic carbocycles. The molecular weight excluding hydrogens is 216 g/mol. The van der Waals surface area contributed by atoms with E-state index in [9.17, 15) is 4.79 Å². The Morgan fingerprint density at radius 3 is 3.00 bits per heavy atom. The summed E-state index contributed by atoms with van der Waals surface area (Å²) in [6, 6.07) is 3.64. The number of carbonyl (C=O) groups excluding carboxylic acids is 1. The molecule has 0 radical (unpaired) electrons. The van der Waals surface area contributed by atoms with Crippen molar-refractivity contribution in [3.63, 3.8) is 0 Å². The predicted octanol–water partition coefficient (Wildman–Crippen LogP) is 0.356. The Balaban J connectivity index is 2.19. The lowest BCUT2D eigenvalue weighted by molar-refractivity contribution is 0.0995. The van der Waals surface area contributed by atoms with E-state index in [1.165, 1.54) is 0 Å². The molecule has 5 nitrogen and oxygen atoms in total. The van der Waals surface area contributed by atoms with Gasteiger partial charge < -0.3 is 16.4 Å². The van der Waals surface area contributed by atoms with Crippen molar-refractivity contribution in [3.8, 4) is 0 Å². The van der Waals surface area contributed by atoms with E-state index in [1.54, 1.807) is 12.3 Å². The molecule has 0 saturated carbocycles. The first-order chi connectivity index (χ1) is 8.04. The van der Waals surface area contributed by atoms with Gasteiger partial charge in [-0.3, -0.25) is 9.78 Å². The molecule has 1 aromatic rings. The molecule has 17 heavy (non-hydrogen) atoms. The van der Waals surface area contributed by atoms with E-state index in [0.29, 0.717) is 12.2 Å². The Kier molecular flexibility index (Phi) is 3.02. The topological polar surface area (TPSA) is 85.2 Å². The van der Waals surface area contributed by atoms with Gasteiger partial charge in [0.25, 0.3) is 5.91 Å². The van der Waals surface area contributed by atoms with Gasteiger partial charge in [0.15, 0.2) is 0 Å². The van der Waals surface area contributed by atoms with E-state index < -0.39 is 5.91 Å². The molecule has 4 N–H and O–H groups in total. The highest BCUT2D eigenvalue weighted by Crippen LogP contribution is 2.32. The quantitative estimate of drug-likeness (QED) is 0.790. The summed E-state index contributed by atoms with van der Waals surface area (Å²) in [4.78, 5) is 17.2. The molecule has 5 heteroatoms. The number of primary amides is 1. The van der Waals surface area contributed by atoms with Gasteiger partial charge >= 0.3 is 0 Å². The third-order valence-electron chi connectivity index (χ3n) is 3.41. The second kappa shape index (κ2) is 4.33. The SMILES string of the molecule is CC1(CN)CCN(c2ccnc(C(N)=O)c2)C1. The summed E-state index contributed by atoms with van der Waals surface area (Å²) in [5.41, 5.74) is 12.5. The minimum Gasteiger partial charge on any atom is -0.371 e. The van der Waals surface area contributed by atoms with Crippen LogP contribution < -0.4 is 16.4 Å². The van der Waals surface area contributed by atoms with Crippen LogP contribution in [-0.2, 0) is 0 Å². The number of nitrogens with two attached hydrogens (primary N) is 2. The number of nitrogens with zero attached hydrogens (tertiary/aromatic N) is 2. The Labute approximate surface area is 101 Å². The van der Waals surface area contributed by atoms with Crippen LogP contribution in [0.15, 0.2) is 18.3 Å². The zero-order valence-corrected chi connectivity index (χ0v) is 10.0. The van der Waals surface area contributed by atoms with Crippen molar-refractivity contribution in [2.75, 3.05) is 24.5 Å². The van der Waals surface area contributed by atoms with Crippen molar-refractivity contribution in [1.82, 2.24) is 4.98 Å². The van der Waals surface area contributed by atoms with Crippen molar-refractivity contribution < 1.29 is 4.79 Å². The Bertz CT molecular complexity index is 434. The van der Waals surface area contributed by atoms with Gasteiger partial charge in [0.2, 0.25) is 0 Å². The third kappa shape index (κ3) is 2.39. The van der Waals surface area contributed by atoms with Crippen molar-refractivity contribution in [2.45, 2.75) is 13.3 Å². The second-order valence-corrected chi connectivity index (χ2v) is 4.95. The highest BCUT2D eigenvalue weighted by atomic mass is 16.1. The molecule has 2 rings (SSSR count). The van der Waals surface area contributed by atoms with Gasteiger partial charge in [0, 0.05) is 25.0 Å². The smallest absolute Gasteiger partial charge is 0.267 e. The molecule has 1 aliphatic heterocycles. The lowest BCUT2D eigenvalue weighted by atomic mass is 9.90. The second-order valence-electron chi connectivity index (χ2n) is 4.95. The maximum Gasteiger partial charge on any atom is 0.267 e. The first kappa shape index (κ1) is 11.9. The van der Waals surface area contributed by atoms with Gasteiger partial charge in [-0.2, -0.15) is 0 Å². The summed E-state index contributed by atoms with van der Waals surface area (Å²) < 4.78 is 0. The Morgan fingerprint density at radius 1 is 1.65 bits per heavy atom. The Morgan fingerprint density at radius 2 is 2.41 bits per heavy atom. The van der Waals surface area contributed by atoms with Crippen LogP contribution in [0.1, 0.15) is 23.8 Å². The van der Waals surface area contributed by atoms with E-state index in [4.69, 9.17) is 11.5 Å². The van der Waals surface area contributed by atoms with Crippen molar-refractivity contribution >= 4 is 11.6 Å². The van der Waals surface area contributed by atoms with E-state index in [0.717, 1.165) is 25.2 Å². The molecule has 1 aromatic heterocycles. The fourth-order valence-electron chi connectivity index (χ4n) is 2.16. The highest BCUT2D eigenvalue weighted by molar-refractivity contribution is 5.91. The van der Waals surface area contributed by atoms with E-state index >= 15 is 0 Å². The fraction of sp³-hybridized carbons (Fsp3) is 0.500. The maximum atomic E-state index is 11.1. The maximum absolute atomic E-state index is 11.1. The summed E-state index contributed by atoms with van der Waals surface area (Å²) in [7, 11) is 0. The average Bonchev–Trinajstić information content (AvgIpc) is 2.73. The molecule has 2 heterocycles. The number of aromatic nitrogens is 1. The fourth-order valence-corrected chi connectivity index (χ4v) is 2.16. The summed E-state index contributed by atoms with van der Waals surface area (Å²) in [6.45, 7) is 4.72. The summed E-state index contributed by atoms with van der Waals surface area (Å²) in [6.07, 6.45) is 2.69. The zero-order valence-electron chi connectivity index (χ0n) is 10.0. The predicted molar refractivity (Wildman–Crippen MR) is 66.7 cm³/mol. The third-order valence-corrected chi connectivity index (χ3v) is 3.41. The summed E-state index contributed by atoms with van der Waals surface area (Å²) in [5, 5.41) is 0. The lowest BCUT2D eigenvalue weighted by Crippen LogP contribution is -2.31. The van der Waals surface area contributed by atoms with E-state index in [1.807, 2.05) is 6.07 Å². The molecule has 92 valence electrons. The first-order valence-electron chi connectivity index (χ1n) is 5.75. The molecule has 0 aliphatic carbocycles. The molecule has 1 aliphatic rings. The Hall–Kier alpha value is -1.62. The number of rotatable bonds is 3.